The third kappa shape index (κ3) is 3.18. The van der Waals surface area contributed by atoms with Gasteiger partial charge >= 0.3 is 6.18 Å². The average molecular weight is 247 g/mol. The summed E-state index contributed by atoms with van der Waals surface area (Å²) in [4.78, 5) is 0. The number of anilines is 3. The van der Waals surface area contributed by atoms with Crippen LogP contribution in [0.2, 0.25) is 0 Å². The smallest absolute Gasteiger partial charge is 0.397 e. The van der Waals surface area contributed by atoms with Gasteiger partial charge in [-0.05, 0) is 25.5 Å². The number of alkyl halides is 3. The van der Waals surface area contributed by atoms with Crippen molar-refractivity contribution in [3.63, 3.8) is 0 Å². The highest BCUT2D eigenvalue weighted by atomic mass is 19.4. The van der Waals surface area contributed by atoms with Crippen LogP contribution in [-0.2, 0) is 6.18 Å². The molecule has 1 aromatic rings. The number of nitrogens with two attached hydrogens (primary N) is 2. The molecule has 1 rings (SSSR count). The summed E-state index contributed by atoms with van der Waals surface area (Å²) >= 11 is 0. The monoisotopic (exact) mass is 247 g/mol. The van der Waals surface area contributed by atoms with E-state index in [9.17, 15) is 13.2 Å². The number of nitrogens with one attached hydrogen (secondary N) is 1. The zero-order valence-corrected chi connectivity index (χ0v) is 9.73. The maximum atomic E-state index is 12.5. The van der Waals surface area contributed by atoms with Gasteiger partial charge in [-0.1, -0.05) is 6.92 Å². The highest BCUT2D eigenvalue weighted by Crippen LogP contribution is 2.36. The van der Waals surface area contributed by atoms with Crippen LogP contribution in [0.3, 0.4) is 0 Å². The molecule has 0 spiro atoms. The molecule has 6 heteroatoms. The van der Waals surface area contributed by atoms with E-state index in [2.05, 4.69) is 5.32 Å². The summed E-state index contributed by atoms with van der Waals surface area (Å²) in [5.41, 5.74) is 10.7. The molecule has 0 aliphatic rings. The van der Waals surface area contributed by atoms with Gasteiger partial charge in [-0.25, -0.2) is 0 Å². The Kier molecular flexibility index (Phi) is 3.75. The number of halogens is 3. The summed E-state index contributed by atoms with van der Waals surface area (Å²) in [7, 11) is 0. The van der Waals surface area contributed by atoms with Gasteiger partial charge in [0.25, 0.3) is 0 Å². The number of rotatable bonds is 3. The molecule has 96 valence electrons. The Hall–Kier alpha value is -1.59. The molecule has 0 saturated carbocycles. The van der Waals surface area contributed by atoms with E-state index in [1.165, 1.54) is 0 Å². The van der Waals surface area contributed by atoms with E-state index in [1.807, 2.05) is 13.8 Å². The molecule has 0 aromatic heterocycles. The molecule has 0 fully saturated rings. The summed E-state index contributed by atoms with van der Waals surface area (Å²) in [6.45, 7) is 3.85. The minimum Gasteiger partial charge on any atom is -0.397 e. The molecular formula is C11H16F3N3. The molecule has 0 saturated heterocycles. The molecule has 0 bridgehead atoms. The Balaban J connectivity index is 3.11. The van der Waals surface area contributed by atoms with E-state index in [1.54, 1.807) is 0 Å². The van der Waals surface area contributed by atoms with Gasteiger partial charge in [0.15, 0.2) is 0 Å². The number of hydrogen-bond acceptors (Lipinski definition) is 3. The second-order valence-corrected chi connectivity index (χ2v) is 3.98. The summed E-state index contributed by atoms with van der Waals surface area (Å²) in [6.07, 6.45) is -3.61. The van der Waals surface area contributed by atoms with Crippen LogP contribution in [0, 0.1) is 0 Å². The number of nitrogen functional groups attached to an aromatic ring is 2. The second kappa shape index (κ2) is 4.73. The zero-order chi connectivity index (χ0) is 13.2. The van der Waals surface area contributed by atoms with Gasteiger partial charge in [0.2, 0.25) is 0 Å². The maximum absolute atomic E-state index is 12.5. The Morgan fingerprint density at radius 2 is 1.71 bits per heavy atom. The van der Waals surface area contributed by atoms with E-state index in [-0.39, 0.29) is 17.4 Å². The highest BCUT2D eigenvalue weighted by molar-refractivity contribution is 5.80. The zero-order valence-electron chi connectivity index (χ0n) is 9.73. The van der Waals surface area contributed by atoms with Crippen LogP contribution in [0.15, 0.2) is 12.1 Å². The fraction of sp³-hybridized carbons (Fsp3) is 0.455. The lowest BCUT2D eigenvalue weighted by Gasteiger charge is -2.18. The van der Waals surface area contributed by atoms with Gasteiger partial charge in [0.05, 0.1) is 22.6 Å². The van der Waals surface area contributed by atoms with Crippen molar-refractivity contribution >= 4 is 17.1 Å². The molecular weight excluding hydrogens is 231 g/mol. The summed E-state index contributed by atoms with van der Waals surface area (Å²) < 4.78 is 37.4. The van der Waals surface area contributed by atoms with Crippen molar-refractivity contribution in [2.75, 3.05) is 16.8 Å². The SMILES string of the molecule is CCC(C)Nc1c(N)cc(C(F)(F)F)cc1N. The first-order valence-electron chi connectivity index (χ1n) is 5.28. The lowest BCUT2D eigenvalue weighted by Crippen LogP contribution is -2.17. The molecule has 0 aliphatic heterocycles. The predicted molar refractivity (Wildman–Crippen MR) is 63.6 cm³/mol. The van der Waals surface area contributed by atoms with Crippen LogP contribution in [-0.4, -0.2) is 6.04 Å². The molecule has 3 nitrogen and oxygen atoms in total. The Labute approximate surface area is 98.0 Å². The first kappa shape index (κ1) is 13.5. The van der Waals surface area contributed by atoms with Crippen molar-refractivity contribution in [1.82, 2.24) is 0 Å². The van der Waals surface area contributed by atoms with E-state index in [0.29, 0.717) is 5.69 Å². The van der Waals surface area contributed by atoms with E-state index in [0.717, 1.165) is 18.6 Å². The van der Waals surface area contributed by atoms with Gasteiger partial charge in [0.1, 0.15) is 0 Å². The fourth-order valence-electron chi connectivity index (χ4n) is 1.37. The summed E-state index contributed by atoms with van der Waals surface area (Å²) in [5, 5.41) is 2.99. The standard InChI is InChI=1S/C11H16F3N3/c1-3-6(2)17-10-8(15)4-7(5-9(10)16)11(12,13)14/h4-6,17H,3,15-16H2,1-2H3. The first-order valence-corrected chi connectivity index (χ1v) is 5.28. The lowest BCUT2D eigenvalue weighted by molar-refractivity contribution is -0.137. The Morgan fingerprint density at radius 3 is 2.06 bits per heavy atom. The maximum Gasteiger partial charge on any atom is 0.416 e. The second-order valence-electron chi connectivity index (χ2n) is 3.98. The molecule has 1 aromatic carbocycles. The summed E-state index contributed by atoms with van der Waals surface area (Å²) in [5.74, 6) is 0. The lowest BCUT2D eigenvalue weighted by atomic mass is 10.1. The minimum atomic E-state index is -4.43. The van der Waals surface area contributed by atoms with Crippen LogP contribution < -0.4 is 16.8 Å². The van der Waals surface area contributed by atoms with Crippen LogP contribution in [0.5, 0.6) is 0 Å². The molecule has 0 aliphatic carbocycles. The van der Waals surface area contributed by atoms with Gasteiger partial charge in [-0.3, -0.25) is 0 Å². The fourth-order valence-corrected chi connectivity index (χ4v) is 1.37. The van der Waals surface area contributed by atoms with E-state index < -0.39 is 11.7 Å². The third-order valence-corrected chi connectivity index (χ3v) is 2.53. The van der Waals surface area contributed by atoms with Crippen LogP contribution in [0.1, 0.15) is 25.8 Å². The van der Waals surface area contributed by atoms with Gasteiger partial charge in [-0.2, -0.15) is 13.2 Å². The molecule has 17 heavy (non-hydrogen) atoms. The van der Waals surface area contributed by atoms with Crippen molar-refractivity contribution in [3.05, 3.63) is 17.7 Å². The Morgan fingerprint density at radius 1 is 1.24 bits per heavy atom. The van der Waals surface area contributed by atoms with Crippen LogP contribution >= 0.6 is 0 Å². The van der Waals surface area contributed by atoms with Crippen molar-refractivity contribution in [2.24, 2.45) is 0 Å². The minimum absolute atomic E-state index is 0.0117. The van der Waals surface area contributed by atoms with E-state index >= 15 is 0 Å². The Bertz CT molecular complexity index is 378. The van der Waals surface area contributed by atoms with Crippen molar-refractivity contribution < 1.29 is 13.2 Å². The van der Waals surface area contributed by atoms with Crippen molar-refractivity contribution in [1.29, 1.82) is 0 Å². The molecule has 1 unspecified atom stereocenters. The third-order valence-electron chi connectivity index (χ3n) is 2.53. The summed E-state index contributed by atoms with van der Waals surface area (Å²) in [6, 6.07) is 1.87. The van der Waals surface area contributed by atoms with E-state index in [4.69, 9.17) is 11.5 Å². The van der Waals surface area contributed by atoms with Gasteiger partial charge in [-0.15, -0.1) is 0 Å². The van der Waals surface area contributed by atoms with Crippen LogP contribution in [0.25, 0.3) is 0 Å². The first-order chi connectivity index (χ1) is 7.75. The normalized spacial score (nSPS) is 13.5. The highest BCUT2D eigenvalue weighted by Gasteiger charge is 2.31. The topological polar surface area (TPSA) is 64.1 Å². The predicted octanol–water partition coefficient (Wildman–Crippen LogP) is 3.08. The average Bonchev–Trinajstić information content (AvgIpc) is 2.21. The van der Waals surface area contributed by atoms with Crippen molar-refractivity contribution in [3.8, 4) is 0 Å². The molecule has 5 N–H and O–H groups in total. The van der Waals surface area contributed by atoms with Crippen LogP contribution in [0.4, 0.5) is 30.2 Å². The van der Waals surface area contributed by atoms with Gasteiger partial charge in [0, 0.05) is 6.04 Å². The molecule has 0 radical (unpaired) electrons. The molecule has 0 amide bonds. The molecule has 1 atom stereocenters. The number of benzene rings is 1. The quantitative estimate of drug-likeness (QED) is 0.719. The largest absolute Gasteiger partial charge is 0.416 e. The van der Waals surface area contributed by atoms with Gasteiger partial charge < -0.3 is 16.8 Å². The molecule has 0 heterocycles. The number of hydrogen-bond donors (Lipinski definition) is 3. The van der Waals surface area contributed by atoms with Crippen molar-refractivity contribution in [2.45, 2.75) is 32.5 Å².